The molecule has 130 valence electrons. The Hall–Kier alpha value is -2.62. The number of nitro groups is 1. The third kappa shape index (κ3) is 4.08. The molecule has 0 bridgehead atoms. The van der Waals surface area contributed by atoms with E-state index in [1.165, 1.54) is 49.8 Å². The van der Waals surface area contributed by atoms with Gasteiger partial charge in [0.25, 0.3) is 5.69 Å². The number of ether oxygens (including phenoxy) is 1. The average molecular weight is 337 g/mol. The Morgan fingerprint density at radius 2 is 1.80 bits per heavy atom. The van der Waals surface area contributed by atoms with Crippen LogP contribution in [0.5, 0.6) is 11.5 Å². The molecule has 0 spiro atoms. The highest BCUT2D eigenvalue weighted by molar-refractivity contribution is 5.64. The van der Waals surface area contributed by atoms with Gasteiger partial charge in [-0.3, -0.25) is 10.1 Å². The van der Waals surface area contributed by atoms with Gasteiger partial charge in [-0.05, 0) is 61.1 Å². The molecule has 0 aliphatic heterocycles. The fraction of sp³-hybridized carbons (Fsp3) is 0.333. The monoisotopic (exact) mass is 337 g/mol. The van der Waals surface area contributed by atoms with Gasteiger partial charge >= 0.3 is 0 Å². The lowest BCUT2D eigenvalue weighted by atomic mass is 9.83. The van der Waals surface area contributed by atoms with Gasteiger partial charge in [0.15, 0.2) is 0 Å². The van der Waals surface area contributed by atoms with Crippen LogP contribution in [0.1, 0.15) is 56.1 Å². The minimum Gasteiger partial charge on any atom is -0.457 e. The number of nitrogens with zero attached hydrogens (tertiary/aromatic N) is 1. The van der Waals surface area contributed by atoms with E-state index < -0.39 is 4.92 Å². The molecule has 1 fully saturated rings. The summed E-state index contributed by atoms with van der Waals surface area (Å²) in [5, 5.41) is 10.8. The first-order valence-corrected chi connectivity index (χ1v) is 8.77. The molecule has 0 unspecified atom stereocenters. The third-order valence-electron chi connectivity index (χ3n) is 4.82. The lowest BCUT2D eigenvalue weighted by Gasteiger charge is -2.25. The van der Waals surface area contributed by atoms with Gasteiger partial charge in [0.05, 0.1) is 4.92 Å². The normalized spacial score (nSPS) is 14.9. The molecule has 4 heteroatoms. The molecule has 0 amide bonds. The van der Waals surface area contributed by atoms with E-state index in [-0.39, 0.29) is 5.69 Å². The van der Waals surface area contributed by atoms with Crippen LogP contribution >= 0.6 is 0 Å². The Labute approximate surface area is 148 Å². The van der Waals surface area contributed by atoms with Crippen LogP contribution in [0.15, 0.2) is 49.0 Å². The molecule has 0 heterocycles. The molecule has 0 saturated heterocycles. The van der Waals surface area contributed by atoms with Crippen LogP contribution in [0.2, 0.25) is 0 Å². The van der Waals surface area contributed by atoms with Gasteiger partial charge in [-0.2, -0.15) is 0 Å². The maximum atomic E-state index is 10.8. The highest BCUT2D eigenvalue weighted by Crippen LogP contribution is 2.40. The van der Waals surface area contributed by atoms with Crippen molar-refractivity contribution < 1.29 is 9.66 Å². The Bertz CT molecular complexity index is 774. The van der Waals surface area contributed by atoms with Gasteiger partial charge in [0, 0.05) is 12.1 Å². The SMILES string of the molecule is C=C(C)c1ccc(Oc2ccc([N+](=O)[O-])cc2)c(C2CCCCC2)c1. The first kappa shape index (κ1) is 17.2. The summed E-state index contributed by atoms with van der Waals surface area (Å²) in [5.41, 5.74) is 3.46. The molecular weight excluding hydrogens is 314 g/mol. The number of hydrogen-bond acceptors (Lipinski definition) is 3. The van der Waals surface area contributed by atoms with E-state index in [1.54, 1.807) is 12.1 Å². The summed E-state index contributed by atoms with van der Waals surface area (Å²) >= 11 is 0. The van der Waals surface area contributed by atoms with Gasteiger partial charge in [-0.25, -0.2) is 0 Å². The molecular formula is C21H23NO3. The van der Waals surface area contributed by atoms with Crippen molar-refractivity contribution in [1.29, 1.82) is 0 Å². The fourth-order valence-electron chi connectivity index (χ4n) is 3.40. The zero-order valence-corrected chi connectivity index (χ0v) is 14.5. The summed E-state index contributed by atoms with van der Waals surface area (Å²) in [4.78, 5) is 10.4. The second-order valence-corrected chi connectivity index (χ2v) is 6.72. The Kier molecular flexibility index (Phi) is 5.17. The number of nitro benzene ring substituents is 1. The Morgan fingerprint density at radius 3 is 2.40 bits per heavy atom. The van der Waals surface area contributed by atoms with Crippen LogP contribution in [-0.2, 0) is 0 Å². The lowest BCUT2D eigenvalue weighted by Crippen LogP contribution is -2.06. The number of allylic oxidation sites excluding steroid dienone is 1. The summed E-state index contributed by atoms with van der Waals surface area (Å²) < 4.78 is 6.08. The van der Waals surface area contributed by atoms with E-state index in [4.69, 9.17) is 4.74 Å². The predicted molar refractivity (Wildman–Crippen MR) is 100 cm³/mol. The molecule has 2 aromatic carbocycles. The molecule has 0 N–H and O–H groups in total. The van der Waals surface area contributed by atoms with E-state index in [0.29, 0.717) is 11.7 Å². The zero-order valence-electron chi connectivity index (χ0n) is 14.5. The van der Waals surface area contributed by atoms with Crippen LogP contribution in [-0.4, -0.2) is 4.92 Å². The highest BCUT2D eigenvalue weighted by Gasteiger charge is 2.20. The van der Waals surface area contributed by atoms with Crippen LogP contribution in [0, 0.1) is 10.1 Å². The molecule has 0 radical (unpaired) electrons. The maximum Gasteiger partial charge on any atom is 0.269 e. The minimum absolute atomic E-state index is 0.0671. The van der Waals surface area contributed by atoms with Crippen molar-refractivity contribution in [2.75, 3.05) is 0 Å². The molecule has 3 rings (SSSR count). The second-order valence-electron chi connectivity index (χ2n) is 6.72. The quantitative estimate of drug-likeness (QED) is 0.464. The van der Waals surface area contributed by atoms with Crippen LogP contribution in [0.25, 0.3) is 5.57 Å². The molecule has 0 atom stereocenters. The maximum absolute atomic E-state index is 10.8. The Morgan fingerprint density at radius 1 is 1.12 bits per heavy atom. The highest BCUT2D eigenvalue weighted by atomic mass is 16.6. The summed E-state index contributed by atoms with van der Waals surface area (Å²) in [6, 6.07) is 12.4. The smallest absolute Gasteiger partial charge is 0.269 e. The van der Waals surface area contributed by atoms with Crippen LogP contribution in [0.3, 0.4) is 0 Å². The summed E-state index contributed by atoms with van der Waals surface area (Å²) in [7, 11) is 0. The zero-order chi connectivity index (χ0) is 17.8. The molecule has 0 aromatic heterocycles. The van der Waals surface area contributed by atoms with Crippen molar-refractivity contribution >= 4 is 11.3 Å². The first-order chi connectivity index (χ1) is 12.0. The van der Waals surface area contributed by atoms with Gasteiger partial charge in [0.1, 0.15) is 11.5 Å². The average Bonchev–Trinajstić information content (AvgIpc) is 2.63. The summed E-state index contributed by atoms with van der Waals surface area (Å²) in [5.74, 6) is 1.96. The minimum atomic E-state index is -0.404. The van der Waals surface area contributed by atoms with Crippen LogP contribution < -0.4 is 4.74 Å². The summed E-state index contributed by atoms with van der Waals surface area (Å²) in [6.07, 6.45) is 6.15. The van der Waals surface area contributed by atoms with Crippen molar-refractivity contribution in [1.82, 2.24) is 0 Å². The topological polar surface area (TPSA) is 52.4 Å². The number of rotatable bonds is 5. The summed E-state index contributed by atoms with van der Waals surface area (Å²) in [6.45, 7) is 6.06. The number of hydrogen-bond donors (Lipinski definition) is 0. The number of non-ortho nitro benzene ring substituents is 1. The van der Waals surface area contributed by atoms with E-state index >= 15 is 0 Å². The molecule has 2 aromatic rings. The standard InChI is InChI=1S/C21H23NO3/c1-15(2)17-8-13-21(20(14-17)16-6-4-3-5-7-16)25-19-11-9-18(10-12-19)22(23)24/h8-14,16H,1,3-7H2,2H3. The Balaban J connectivity index is 1.91. The van der Waals surface area contributed by atoms with E-state index in [9.17, 15) is 10.1 Å². The fourth-order valence-corrected chi connectivity index (χ4v) is 3.40. The van der Waals surface area contributed by atoms with Gasteiger partial charge in [-0.1, -0.05) is 37.5 Å². The molecule has 4 nitrogen and oxygen atoms in total. The van der Waals surface area contributed by atoms with Gasteiger partial charge < -0.3 is 4.74 Å². The largest absolute Gasteiger partial charge is 0.457 e. The molecule has 1 aliphatic carbocycles. The van der Waals surface area contributed by atoms with E-state index in [2.05, 4.69) is 12.6 Å². The van der Waals surface area contributed by atoms with Crippen LogP contribution in [0.4, 0.5) is 5.69 Å². The van der Waals surface area contributed by atoms with Gasteiger partial charge in [-0.15, -0.1) is 0 Å². The van der Waals surface area contributed by atoms with E-state index in [1.807, 2.05) is 19.1 Å². The third-order valence-corrected chi connectivity index (χ3v) is 4.82. The molecule has 1 saturated carbocycles. The second kappa shape index (κ2) is 7.51. The van der Waals surface area contributed by atoms with Crippen molar-refractivity contribution in [3.8, 4) is 11.5 Å². The van der Waals surface area contributed by atoms with Crippen molar-refractivity contribution in [3.05, 3.63) is 70.3 Å². The molecule has 1 aliphatic rings. The van der Waals surface area contributed by atoms with E-state index in [0.717, 1.165) is 16.9 Å². The lowest BCUT2D eigenvalue weighted by molar-refractivity contribution is -0.384. The van der Waals surface area contributed by atoms with Crippen molar-refractivity contribution in [2.45, 2.75) is 44.9 Å². The predicted octanol–water partition coefficient (Wildman–Crippen LogP) is 6.47. The van der Waals surface area contributed by atoms with Gasteiger partial charge in [0.2, 0.25) is 0 Å². The number of benzene rings is 2. The first-order valence-electron chi connectivity index (χ1n) is 8.77. The molecule has 25 heavy (non-hydrogen) atoms. The van der Waals surface area contributed by atoms with Crippen molar-refractivity contribution in [2.24, 2.45) is 0 Å². The van der Waals surface area contributed by atoms with Crippen molar-refractivity contribution in [3.63, 3.8) is 0 Å².